The van der Waals surface area contributed by atoms with Gasteiger partial charge in [-0.25, -0.2) is 9.78 Å². The lowest BCUT2D eigenvalue weighted by Gasteiger charge is -2.08. The molecule has 4 heterocycles. The quantitative estimate of drug-likeness (QED) is 0.299. The second-order valence-corrected chi connectivity index (χ2v) is 10.1. The number of pyridine rings is 1. The number of imidazole rings is 1. The van der Waals surface area contributed by atoms with Crippen LogP contribution in [0.2, 0.25) is 5.02 Å². The van der Waals surface area contributed by atoms with E-state index in [0.29, 0.717) is 35.5 Å². The Morgan fingerprint density at radius 1 is 1.15 bits per heavy atom. The minimum atomic E-state index is -0.485. The lowest BCUT2D eigenvalue weighted by Crippen LogP contribution is -2.39. The first-order valence-electron chi connectivity index (χ1n) is 12.6. The van der Waals surface area contributed by atoms with Gasteiger partial charge in [0.15, 0.2) is 11.2 Å². The molecule has 2 atom stereocenters. The van der Waals surface area contributed by atoms with Crippen molar-refractivity contribution in [2.24, 2.45) is 20.0 Å². The molecule has 0 spiro atoms. The van der Waals surface area contributed by atoms with Crippen LogP contribution < -0.4 is 16.6 Å². The van der Waals surface area contributed by atoms with Gasteiger partial charge in [0.1, 0.15) is 5.82 Å². The van der Waals surface area contributed by atoms with Crippen molar-refractivity contribution >= 4 is 51.4 Å². The molecular formula is C27H26ClN7O4. The highest BCUT2D eigenvalue weighted by molar-refractivity contribution is 6.35. The van der Waals surface area contributed by atoms with E-state index in [4.69, 9.17) is 16.3 Å². The molecule has 39 heavy (non-hydrogen) atoms. The smallest absolute Gasteiger partial charge is 0.332 e. The highest BCUT2D eigenvalue weighted by atomic mass is 35.5. The normalized spacial score (nSPS) is 16.6. The fraction of sp³-hybridized carbons (Fsp3) is 0.296. The molecule has 1 fully saturated rings. The van der Waals surface area contributed by atoms with Gasteiger partial charge < -0.3 is 19.6 Å². The number of esters is 1. The fourth-order valence-electron chi connectivity index (χ4n) is 5.00. The second-order valence-electron chi connectivity index (χ2n) is 9.67. The van der Waals surface area contributed by atoms with Crippen LogP contribution in [0.15, 0.2) is 52.1 Å². The number of H-pyrrole nitrogens is 1. The number of halogens is 1. The Bertz CT molecular complexity index is 1880. The lowest BCUT2D eigenvalue weighted by molar-refractivity contribution is -0.144. The molecule has 1 aliphatic carbocycles. The first-order chi connectivity index (χ1) is 18.8. The van der Waals surface area contributed by atoms with Crippen LogP contribution >= 0.6 is 11.6 Å². The van der Waals surface area contributed by atoms with Crippen molar-refractivity contribution in [2.45, 2.75) is 25.8 Å². The third-order valence-corrected chi connectivity index (χ3v) is 7.45. The number of aromatic amines is 1. The van der Waals surface area contributed by atoms with E-state index in [1.165, 1.54) is 9.13 Å². The number of carbonyl (C=O) groups excluding carboxylic acids is 1. The molecule has 2 N–H and O–H groups in total. The van der Waals surface area contributed by atoms with Gasteiger partial charge in [0.25, 0.3) is 5.56 Å². The number of carbonyl (C=O) groups is 1. The van der Waals surface area contributed by atoms with Crippen molar-refractivity contribution < 1.29 is 9.53 Å². The molecule has 0 aliphatic heterocycles. The van der Waals surface area contributed by atoms with Gasteiger partial charge in [-0.1, -0.05) is 23.7 Å². The van der Waals surface area contributed by atoms with E-state index in [9.17, 15) is 14.4 Å². The summed E-state index contributed by atoms with van der Waals surface area (Å²) in [6, 6.07) is 12.9. The molecule has 12 heteroatoms. The Kier molecular flexibility index (Phi) is 6.02. The zero-order chi connectivity index (χ0) is 27.4. The van der Waals surface area contributed by atoms with Crippen LogP contribution in [0.25, 0.3) is 22.1 Å². The van der Waals surface area contributed by atoms with E-state index >= 15 is 0 Å². The van der Waals surface area contributed by atoms with Gasteiger partial charge in [0.05, 0.1) is 19.1 Å². The molecule has 0 radical (unpaired) electrons. The maximum atomic E-state index is 13.5. The van der Waals surface area contributed by atoms with Crippen LogP contribution in [0.3, 0.4) is 0 Å². The number of benzene rings is 1. The van der Waals surface area contributed by atoms with Crippen molar-refractivity contribution in [3.05, 3.63) is 79.7 Å². The zero-order valence-electron chi connectivity index (χ0n) is 21.6. The number of hydrogen-bond acceptors (Lipinski definition) is 7. The van der Waals surface area contributed by atoms with E-state index in [-0.39, 0.29) is 35.5 Å². The summed E-state index contributed by atoms with van der Waals surface area (Å²) in [6.07, 6.45) is 0.700. The Balaban J connectivity index is 1.32. The molecule has 200 valence electrons. The second kappa shape index (κ2) is 9.42. The molecule has 0 bridgehead atoms. The van der Waals surface area contributed by atoms with Crippen LogP contribution in [0.1, 0.15) is 30.7 Å². The number of aromatic nitrogens is 6. The van der Waals surface area contributed by atoms with Crippen molar-refractivity contribution in [3.63, 3.8) is 0 Å². The average molecular weight is 548 g/mol. The number of anilines is 2. The van der Waals surface area contributed by atoms with E-state index in [2.05, 4.69) is 20.3 Å². The van der Waals surface area contributed by atoms with E-state index in [0.717, 1.165) is 16.6 Å². The fourth-order valence-corrected chi connectivity index (χ4v) is 5.23. The van der Waals surface area contributed by atoms with Crippen LogP contribution in [0, 0.1) is 5.92 Å². The molecule has 4 aromatic heterocycles. The molecule has 1 aromatic carbocycles. The van der Waals surface area contributed by atoms with Crippen molar-refractivity contribution in [1.82, 2.24) is 28.7 Å². The van der Waals surface area contributed by atoms with Gasteiger partial charge in [0, 0.05) is 47.3 Å². The molecular weight excluding hydrogens is 522 g/mol. The minimum absolute atomic E-state index is 0.0128. The monoisotopic (exact) mass is 547 g/mol. The summed E-state index contributed by atoms with van der Waals surface area (Å²) in [7, 11) is 3.29. The number of fused-ring (bicyclic) bond motifs is 2. The number of nitrogens with zero attached hydrogens (tertiary/aromatic N) is 5. The first-order valence-corrected chi connectivity index (χ1v) is 13.0. The van der Waals surface area contributed by atoms with E-state index in [1.807, 2.05) is 30.3 Å². The van der Waals surface area contributed by atoms with Gasteiger partial charge in [0.2, 0.25) is 5.95 Å². The molecule has 1 aliphatic rings. The molecule has 6 rings (SSSR count). The number of ether oxygens (including phenoxy) is 1. The average Bonchev–Trinajstić information content (AvgIpc) is 3.51. The standard InChI is InChI=1S/C27H26ClN7O4/c1-4-39-25(37)16-12-15(16)19-9-6-10-21(30-19)31-26-32-23-22(33(26)2)24(36)35(27(38)34(23)3)13-14-11-17-18(28)7-5-8-20(17)29-14/h5-11,15-16,29H,4,12-13H2,1-3H3,(H,30,31,32)/t15-,16-/m1/s1. The summed E-state index contributed by atoms with van der Waals surface area (Å²) < 4.78 is 9.27. The number of nitrogens with one attached hydrogen (secondary N) is 2. The van der Waals surface area contributed by atoms with E-state index < -0.39 is 11.2 Å². The summed E-state index contributed by atoms with van der Waals surface area (Å²) in [6.45, 7) is 2.19. The molecule has 11 nitrogen and oxygen atoms in total. The first kappa shape index (κ1) is 24.9. The highest BCUT2D eigenvalue weighted by Crippen LogP contribution is 2.47. The Morgan fingerprint density at radius 3 is 2.72 bits per heavy atom. The predicted octanol–water partition coefficient (Wildman–Crippen LogP) is 3.42. The number of aryl methyl sites for hydroxylation is 2. The van der Waals surface area contributed by atoms with Crippen molar-refractivity contribution in [3.8, 4) is 0 Å². The van der Waals surface area contributed by atoms with Crippen LogP contribution in [-0.2, 0) is 30.2 Å². The largest absolute Gasteiger partial charge is 0.466 e. The molecule has 5 aromatic rings. The van der Waals surface area contributed by atoms with E-state index in [1.54, 1.807) is 37.7 Å². The molecule has 1 saturated carbocycles. The Hall–Kier alpha value is -4.38. The summed E-state index contributed by atoms with van der Waals surface area (Å²) in [5.41, 5.74) is 1.87. The van der Waals surface area contributed by atoms with Gasteiger partial charge in [-0.2, -0.15) is 4.98 Å². The number of rotatable bonds is 7. The highest BCUT2D eigenvalue weighted by Gasteiger charge is 2.46. The maximum Gasteiger partial charge on any atom is 0.332 e. The molecule has 0 amide bonds. The third kappa shape index (κ3) is 4.28. The van der Waals surface area contributed by atoms with Gasteiger partial charge >= 0.3 is 11.7 Å². The third-order valence-electron chi connectivity index (χ3n) is 7.13. The van der Waals surface area contributed by atoms with Crippen LogP contribution in [-0.4, -0.2) is 41.2 Å². The van der Waals surface area contributed by atoms with Gasteiger partial charge in [-0.15, -0.1) is 0 Å². The summed E-state index contributed by atoms with van der Waals surface area (Å²) in [4.78, 5) is 51.2. The lowest BCUT2D eigenvalue weighted by atomic mass is 10.2. The minimum Gasteiger partial charge on any atom is -0.466 e. The topological polar surface area (TPSA) is 129 Å². The van der Waals surface area contributed by atoms with Crippen LogP contribution in [0.5, 0.6) is 0 Å². The SMILES string of the molecule is CCOC(=O)[C@@H]1C[C@H]1c1cccc(Nc2nc3c(c(=O)n(Cc4cc5c(Cl)cccc5[nH]4)c(=O)n3C)n2C)n1. The van der Waals surface area contributed by atoms with Gasteiger partial charge in [-0.05, 0) is 43.7 Å². The Labute approximate surface area is 227 Å². The maximum absolute atomic E-state index is 13.5. The summed E-state index contributed by atoms with van der Waals surface area (Å²) in [5.74, 6) is 0.504. The summed E-state index contributed by atoms with van der Waals surface area (Å²) in [5, 5.41) is 4.57. The van der Waals surface area contributed by atoms with Crippen molar-refractivity contribution in [2.75, 3.05) is 11.9 Å². The van der Waals surface area contributed by atoms with Gasteiger partial charge in [-0.3, -0.25) is 18.7 Å². The number of hydrogen-bond donors (Lipinski definition) is 2. The van der Waals surface area contributed by atoms with Crippen molar-refractivity contribution in [1.29, 1.82) is 0 Å². The molecule has 0 saturated heterocycles. The van der Waals surface area contributed by atoms with Crippen LogP contribution in [0.4, 0.5) is 11.8 Å². The Morgan fingerprint density at radius 2 is 1.95 bits per heavy atom. The zero-order valence-corrected chi connectivity index (χ0v) is 22.3. The summed E-state index contributed by atoms with van der Waals surface area (Å²) >= 11 is 6.29. The molecule has 0 unspecified atom stereocenters. The predicted molar refractivity (Wildman–Crippen MR) is 148 cm³/mol.